The number of halogens is 3. The van der Waals surface area contributed by atoms with E-state index >= 15 is 0 Å². The molecule has 3 nitrogen and oxygen atoms in total. The summed E-state index contributed by atoms with van der Waals surface area (Å²) in [5.74, 6) is -0.609. The van der Waals surface area contributed by atoms with Gasteiger partial charge in [0.2, 0.25) is 0 Å². The summed E-state index contributed by atoms with van der Waals surface area (Å²) in [6.45, 7) is 3.59. The van der Waals surface area contributed by atoms with Crippen molar-refractivity contribution < 1.29 is 4.39 Å². The maximum absolute atomic E-state index is 13.3. The van der Waals surface area contributed by atoms with Crippen molar-refractivity contribution in [1.29, 1.82) is 0 Å². The van der Waals surface area contributed by atoms with Crippen molar-refractivity contribution in [3.8, 4) is 5.69 Å². The molecule has 0 fully saturated rings. The summed E-state index contributed by atoms with van der Waals surface area (Å²) in [6, 6.07) is 4.87. The van der Waals surface area contributed by atoms with E-state index in [4.69, 9.17) is 23.2 Å². The lowest BCUT2D eigenvalue weighted by Gasteiger charge is -2.04. The fourth-order valence-corrected chi connectivity index (χ4v) is 2.00. The van der Waals surface area contributed by atoms with Crippen molar-refractivity contribution in [1.82, 2.24) is 15.1 Å². The zero-order valence-electron chi connectivity index (χ0n) is 9.75. The molecule has 0 aliphatic carbocycles. The summed E-state index contributed by atoms with van der Waals surface area (Å²) < 4.78 is 14.9. The van der Waals surface area contributed by atoms with Gasteiger partial charge in [0.1, 0.15) is 0 Å². The summed E-state index contributed by atoms with van der Waals surface area (Å²) in [5.41, 5.74) is 1.53. The highest BCUT2D eigenvalue weighted by molar-refractivity contribution is 6.35. The third-order valence-corrected chi connectivity index (χ3v) is 2.98. The van der Waals surface area contributed by atoms with Crippen LogP contribution in [-0.4, -0.2) is 16.3 Å². The molecular weight excluding hydrogens is 276 g/mol. The van der Waals surface area contributed by atoms with E-state index in [1.165, 1.54) is 12.1 Å². The molecule has 6 heteroatoms. The van der Waals surface area contributed by atoms with Gasteiger partial charge in [-0.15, -0.1) is 0 Å². The molecule has 1 heterocycles. The molecule has 0 bridgehead atoms. The number of benzene rings is 1. The smallest absolute Gasteiger partial charge is 0.160 e. The van der Waals surface area contributed by atoms with Crippen molar-refractivity contribution in [2.75, 3.05) is 6.54 Å². The van der Waals surface area contributed by atoms with Gasteiger partial charge in [0.25, 0.3) is 0 Å². The summed E-state index contributed by atoms with van der Waals surface area (Å²) in [6.07, 6.45) is 1.78. The maximum atomic E-state index is 13.3. The van der Waals surface area contributed by atoms with E-state index in [0.717, 1.165) is 12.2 Å². The molecule has 18 heavy (non-hydrogen) atoms. The van der Waals surface area contributed by atoms with Crippen LogP contribution in [0.3, 0.4) is 0 Å². The Labute approximate surface area is 115 Å². The molecule has 96 valence electrons. The summed E-state index contributed by atoms with van der Waals surface area (Å²) in [4.78, 5) is 0. The first-order valence-electron chi connectivity index (χ1n) is 5.52. The number of aromatic nitrogens is 2. The third kappa shape index (κ3) is 2.83. The zero-order valence-corrected chi connectivity index (χ0v) is 11.3. The van der Waals surface area contributed by atoms with E-state index in [0.29, 0.717) is 12.2 Å². The van der Waals surface area contributed by atoms with Gasteiger partial charge in [0, 0.05) is 12.7 Å². The van der Waals surface area contributed by atoms with Crippen LogP contribution in [0.5, 0.6) is 0 Å². The van der Waals surface area contributed by atoms with E-state index in [1.807, 2.05) is 13.0 Å². The molecular formula is C12H12Cl2FN3. The number of hydrogen-bond acceptors (Lipinski definition) is 2. The van der Waals surface area contributed by atoms with E-state index in [1.54, 1.807) is 10.9 Å². The molecule has 0 saturated heterocycles. The van der Waals surface area contributed by atoms with Gasteiger partial charge in [-0.25, -0.2) is 9.07 Å². The first-order valence-corrected chi connectivity index (χ1v) is 6.27. The predicted molar refractivity (Wildman–Crippen MR) is 70.9 cm³/mol. The van der Waals surface area contributed by atoms with Crippen LogP contribution in [0.2, 0.25) is 10.0 Å². The van der Waals surface area contributed by atoms with Crippen molar-refractivity contribution >= 4 is 23.2 Å². The van der Waals surface area contributed by atoms with E-state index in [2.05, 4.69) is 10.4 Å². The fraction of sp³-hybridized carbons (Fsp3) is 0.250. The Morgan fingerprint density at radius 2 is 2.00 bits per heavy atom. The average Bonchev–Trinajstić information content (AvgIpc) is 2.81. The Kier molecular flexibility index (Phi) is 4.22. The minimum Gasteiger partial charge on any atom is -0.311 e. The molecule has 1 aromatic carbocycles. The molecule has 1 aromatic heterocycles. The Hall–Kier alpha value is -1.10. The van der Waals surface area contributed by atoms with Crippen LogP contribution < -0.4 is 5.32 Å². The van der Waals surface area contributed by atoms with Gasteiger partial charge in [0.15, 0.2) is 5.82 Å². The molecule has 0 aliphatic rings. The summed E-state index contributed by atoms with van der Waals surface area (Å²) in [5, 5.41) is 7.49. The molecule has 2 aromatic rings. The van der Waals surface area contributed by atoms with Gasteiger partial charge in [-0.3, -0.25) is 0 Å². The van der Waals surface area contributed by atoms with Crippen molar-refractivity contribution in [3.63, 3.8) is 0 Å². The lowest BCUT2D eigenvalue weighted by molar-refractivity contribution is 0.627. The molecule has 0 unspecified atom stereocenters. The van der Waals surface area contributed by atoms with Gasteiger partial charge in [-0.1, -0.05) is 30.1 Å². The lowest BCUT2D eigenvalue weighted by Crippen LogP contribution is -2.12. The van der Waals surface area contributed by atoms with E-state index in [-0.39, 0.29) is 10.0 Å². The SMILES string of the molecule is CCNCc1ccn(-c2cc(Cl)c(F)c(Cl)c2)n1. The van der Waals surface area contributed by atoms with Crippen molar-refractivity contribution in [3.05, 3.63) is 46.0 Å². The maximum Gasteiger partial charge on any atom is 0.160 e. The molecule has 0 amide bonds. The first-order chi connectivity index (χ1) is 8.61. The molecule has 0 saturated carbocycles. The highest BCUT2D eigenvalue weighted by Gasteiger charge is 2.09. The first kappa shape index (κ1) is 13.3. The summed E-state index contributed by atoms with van der Waals surface area (Å²) >= 11 is 11.5. The molecule has 2 rings (SSSR count). The van der Waals surface area contributed by atoms with Gasteiger partial charge >= 0.3 is 0 Å². The molecule has 0 spiro atoms. The number of nitrogens with one attached hydrogen (secondary N) is 1. The zero-order chi connectivity index (χ0) is 13.1. The minimum absolute atomic E-state index is 0.0127. The normalized spacial score (nSPS) is 10.9. The number of hydrogen-bond donors (Lipinski definition) is 1. The van der Waals surface area contributed by atoms with Gasteiger partial charge in [0.05, 0.1) is 21.4 Å². The van der Waals surface area contributed by atoms with Crippen LogP contribution in [0.1, 0.15) is 12.6 Å². The second-order valence-corrected chi connectivity index (χ2v) is 4.57. The topological polar surface area (TPSA) is 29.9 Å². The Morgan fingerprint density at radius 1 is 1.33 bits per heavy atom. The van der Waals surface area contributed by atoms with Crippen LogP contribution in [0, 0.1) is 5.82 Å². The summed E-state index contributed by atoms with van der Waals surface area (Å²) in [7, 11) is 0. The highest BCUT2D eigenvalue weighted by atomic mass is 35.5. The Balaban J connectivity index is 2.28. The largest absolute Gasteiger partial charge is 0.311 e. The van der Waals surface area contributed by atoms with Crippen LogP contribution >= 0.6 is 23.2 Å². The lowest BCUT2D eigenvalue weighted by atomic mass is 10.3. The predicted octanol–water partition coefficient (Wildman–Crippen LogP) is 3.43. The number of rotatable bonds is 4. The van der Waals surface area contributed by atoms with Crippen molar-refractivity contribution in [2.45, 2.75) is 13.5 Å². The van der Waals surface area contributed by atoms with E-state index < -0.39 is 5.82 Å². The van der Waals surface area contributed by atoms with Gasteiger partial charge < -0.3 is 5.32 Å². The van der Waals surface area contributed by atoms with E-state index in [9.17, 15) is 4.39 Å². The van der Waals surface area contributed by atoms with Crippen LogP contribution in [0.15, 0.2) is 24.4 Å². The second kappa shape index (κ2) is 5.69. The minimum atomic E-state index is -0.609. The van der Waals surface area contributed by atoms with Crippen LogP contribution in [0.4, 0.5) is 4.39 Å². The fourth-order valence-electron chi connectivity index (χ4n) is 1.53. The molecule has 0 radical (unpaired) electrons. The van der Waals surface area contributed by atoms with Gasteiger partial charge in [-0.05, 0) is 24.7 Å². The Bertz CT molecular complexity index is 531. The van der Waals surface area contributed by atoms with Crippen LogP contribution in [0.25, 0.3) is 5.69 Å². The monoisotopic (exact) mass is 287 g/mol. The second-order valence-electron chi connectivity index (χ2n) is 3.76. The third-order valence-electron chi connectivity index (χ3n) is 2.43. The Morgan fingerprint density at radius 3 is 2.61 bits per heavy atom. The molecule has 0 aliphatic heterocycles. The average molecular weight is 288 g/mol. The van der Waals surface area contributed by atoms with Crippen molar-refractivity contribution in [2.24, 2.45) is 0 Å². The standard InChI is InChI=1S/C12H12Cl2FN3/c1-2-16-7-8-3-4-18(17-8)9-5-10(13)12(15)11(14)6-9/h3-6,16H,2,7H2,1H3. The van der Waals surface area contributed by atoms with Gasteiger partial charge in [-0.2, -0.15) is 5.10 Å². The number of nitrogens with zero attached hydrogens (tertiary/aromatic N) is 2. The molecule has 1 N–H and O–H groups in total. The highest BCUT2D eigenvalue weighted by Crippen LogP contribution is 2.26. The van der Waals surface area contributed by atoms with Crippen LogP contribution in [-0.2, 0) is 6.54 Å². The molecule has 0 atom stereocenters. The quantitative estimate of drug-likeness (QED) is 0.873.